The van der Waals surface area contributed by atoms with Gasteiger partial charge in [0.15, 0.2) is 9.84 Å². The average Bonchev–Trinajstić information content (AvgIpc) is 2.51. The molecule has 0 aromatic carbocycles. The molecule has 0 aliphatic heterocycles. The molecule has 1 aromatic heterocycles. The summed E-state index contributed by atoms with van der Waals surface area (Å²) in [6.45, 7) is 3.44. The van der Waals surface area contributed by atoms with Crippen molar-refractivity contribution in [3.05, 3.63) is 11.3 Å². The largest absolute Gasteiger partial charge is 0.383 e. The van der Waals surface area contributed by atoms with E-state index in [1.807, 2.05) is 6.07 Å². The number of nitrogen functional groups attached to an aromatic ring is 1. The van der Waals surface area contributed by atoms with Gasteiger partial charge in [0.2, 0.25) is 0 Å². The lowest BCUT2D eigenvalue weighted by Gasteiger charge is -2.03. The van der Waals surface area contributed by atoms with Gasteiger partial charge in [-0.05, 0) is 6.92 Å². The zero-order valence-corrected chi connectivity index (χ0v) is 10.1. The smallest absolute Gasteiger partial charge is 0.151 e. The molecule has 0 unspecified atom stereocenters. The van der Waals surface area contributed by atoms with Gasteiger partial charge >= 0.3 is 0 Å². The third kappa shape index (κ3) is 2.52. The first kappa shape index (κ1) is 12.5. The van der Waals surface area contributed by atoms with E-state index in [9.17, 15) is 8.42 Å². The number of hydrogen-bond acceptors (Lipinski definition) is 5. The lowest BCUT2D eigenvalue weighted by molar-refractivity contribution is 0.582. The van der Waals surface area contributed by atoms with Crippen LogP contribution in [0.4, 0.5) is 5.82 Å². The van der Waals surface area contributed by atoms with Crippen molar-refractivity contribution in [1.29, 1.82) is 5.26 Å². The van der Waals surface area contributed by atoms with Gasteiger partial charge in [0, 0.05) is 5.75 Å². The number of nitrogens with zero attached hydrogens (tertiary/aromatic N) is 3. The molecule has 0 radical (unpaired) electrons. The van der Waals surface area contributed by atoms with E-state index in [-0.39, 0.29) is 23.9 Å². The van der Waals surface area contributed by atoms with Crippen LogP contribution in [0.5, 0.6) is 0 Å². The molecule has 0 atom stereocenters. The van der Waals surface area contributed by atoms with Crippen molar-refractivity contribution in [2.24, 2.45) is 0 Å². The zero-order chi connectivity index (χ0) is 12.3. The molecule has 16 heavy (non-hydrogen) atoms. The molecule has 0 saturated heterocycles. The van der Waals surface area contributed by atoms with E-state index >= 15 is 0 Å². The van der Waals surface area contributed by atoms with Crippen LogP contribution in [0, 0.1) is 18.3 Å². The summed E-state index contributed by atoms with van der Waals surface area (Å²) < 4.78 is 24.0. The lowest BCUT2D eigenvalue weighted by atomic mass is 10.3. The summed E-state index contributed by atoms with van der Waals surface area (Å²) in [5, 5.41) is 12.8. The quantitative estimate of drug-likeness (QED) is 0.805. The van der Waals surface area contributed by atoms with E-state index in [0.717, 1.165) is 0 Å². The van der Waals surface area contributed by atoms with Gasteiger partial charge in [-0.1, -0.05) is 6.92 Å². The van der Waals surface area contributed by atoms with Crippen molar-refractivity contribution >= 4 is 15.7 Å². The molecule has 0 amide bonds. The average molecular weight is 242 g/mol. The highest BCUT2D eigenvalue weighted by Crippen LogP contribution is 2.14. The summed E-state index contributed by atoms with van der Waals surface area (Å²) in [4.78, 5) is 0. The molecule has 88 valence electrons. The van der Waals surface area contributed by atoms with Crippen LogP contribution in [0.15, 0.2) is 0 Å². The maximum Gasteiger partial charge on any atom is 0.151 e. The Morgan fingerprint density at radius 3 is 2.62 bits per heavy atom. The Labute approximate surface area is 94.6 Å². The Morgan fingerprint density at radius 1 is 1.56 bits per heavy atom. The summed E-state index contributed by atoms with van der Waals surface area (Å²) >= 11 is 0. The van der Waals surface area contributed by atoms with E-state index in [2.05, 4.69) is 5.10 Å². The minimum Gasteiger partial charge on any atom is -0.383 e. The minimum absolute atomic E-state index is 0.0142. The second-order valence-electron chi connectivity index (χ2n) is 3.42. The molecule has 2 N–H and O–H groups in total. The number of aromatic nitrogens is 2. The highest BCUT2D eigenvalue weighted by molar-refractivity contribution is 7.91. The van der Waals surface area contributed by atoms with E-state index in [1.54, 1.807) is 13.8 Å². The highest BCUT2D eigenvalue weighted by atomic mass is 32.2. The molecule has 0 fully saturated rings. The van der Waals surface area contributed by atoms with Crippen LogP contribution in [0.1, 0.15) is 18.2 Å². The monoisotopic (exact) mass is 242 g/mol. The Morgan fingerprint density at radius 2 is 2.19 bits per heavy atom. The van der Waals surface area contributed by atoms with Crippen molar-refractivity contribution in [2.45, 2.75) is 20.4 Å². The third-order valence-electron chi connectivity index (χ3n) is 2.33. The predicted molar refractivity (Wildman–Crippen MR) is 60.4 cm³/mol. The molecule has 6 nitrogen and oxygen atoms in total. The maximum atomic E-state index is 11.3. The fourth-order valence-corrected chi connectivity index (χ4v) is 2.02. The standard InChI is InChI=1S/C9H14N4O2S/c1-3-16(14,15)5-4-13-9(11)8(6-10)7(2)12-13/h3-5,11H2,1-2H3. The normalized spacial score (nSPS) is 11.3. The third-order valence-corrected chi connectivity index (χ3v) is 4.02. The van der Waals surface area contributed by atoms with E-state index in [1.165, 1.54) is 4.68 Å². The zero-order valence-electron chi connectivity index (χ0n) is 9.27. The first-order valence-corrected chi connectivity index (χ1v) is 6.66. The number of rotatable bonds is 4. The molecule has 0 aliphatic rings. The second kappa shape index (κ2) is 4.53. The first-order valence-electron chi connectivity index (χ1n) is 4.84. The number of anilines is 1. The van der Waals surface area contributed by atoms with Crippen LogP contribution in [0.2, 0.25) is 0 Å². The SMILES string of the molecule is CCS(=O)(=O)CCn1nc(C)c(C#N)c1N. The second-order valence-corrected chi connectivity index (χ2v) is 5.89. The van der Waals surface area contributed by atoms with Gasteiger partial charge in [0.05, 0.1) is 18.0 Å². The van der Waals surface area contributed by atoms with Crippen LogP contribution >= 0.6 is 0 Å². The molecular weight excluding hydrogens is 228 g/mol. The van der Waals surface area contributed by atoms with Gasteiger partial charge in [-0.15, -0.1) is 0 Å². The Hall–Kier alpha value is -1.55. The van der Waals surface area contributed by atoms with Crippen LogP contribution in [0.3, 0.4) is 0 Å². The number of nitrogens with two attached hydrogens (primary N) is 1. The number of sulfone groups is 1. The van der Waals surface area contributed by atoms with Gasteiger partial charge < -0.3 is 5.73 Å². The number of aryl methyl sites for hydroxylation is 2. The molecule has 0 aliphatic carbocycles. The number of nitriles is 1. The Kier molecular flexibility index (Phi) is 3.55. The summed E-state index contributed by atoms with van der Waals surface area (Å²) in [5.74, 6) is 0.309. The van der Waals surface area contributed by atoms with Crippen LogP contribution in [-0.2, 0) is 16.4 Å². The molecule has 0 bridgehead atoms. The van der Waals surface area contributed by atoms with Gasteiger partial charge in [0.25, 0.3) is 0 Å². The van der Waals surface area contributed by atoms with Gasteiger partial charge in [-0.3, -0.25) is 0 Å². The van der Waals surface area contributed by atoms with Gasteiger partial charge in [0.1, 0.15) is 17.5 Å². The van der Waals surface area contributed by atoms with Crippen LogP contribution < -0.4 is 5.73 Å². The van der Waals surface area contributed by atoms with Crippen molar-refractivity contribution < 1.29 is 8.42 Å². The summed E-state index contributed by atoms with van der Waals surface area (Å²) in [6.07, 6.45) is 0. The van der Waals surface area contributed by atoms with Crippen LogP contribution in [-0.4, -0.2) is 29.7 Å². The van der Waals surface area contributed by atoms with Crippen molar-refractivity contribution in [3.63, 3.8) is 0 Å². The van der Waals surface area contributed by atoms with E-state index in [4.69, 9.17) is 11.0 Å². The predicted octanol–water partition coefficient (Wildman–Crippen LogP) is 0.0801. The fraction of sp³-hybridized carbons (Fsp3) is 0.556. The molecule has 1 heterocycles. The number of hydrogen-bond donors (Lipinski definition) is 1. The van der Waals surface area contributed by atoms with Crippen molar-refractivity contribution in [2.75, 3.05) is 17.2 Å². The van der Waals surface area contributed by atoms with Gasteiger partial charge in [-0.25, -0.2) is 13.1 Å². The molecule has 7 heteroatoms. The summed E-state index contributed by atoms with van der Waals surface area (Å²) in [5.41, 5.74) is 6.50. The van der Waals surface area contributed by atoms with Gasteiger partial charge in [-0.2, -0.15) is 10.4 Å². The molecule has 0 spiro atoms. The maximum absolute atomic E-state index is 11.3. The Bertz CT molecular complexity index is 524. The molecular formula is C9H14N4O2S. The van der Waals surface area contributed by atoms with Crippen LogP contribution in [0.25, 0.3) is 0 Å². The topological polar surface area (TPSA) is 102 Å². The van der Waals surface area contributed by atoms with Crippen molar-refractivity contribution in [1.82, 2.24) is 9.78 Å². The molecule has 0 saturated carbocycles. The lowest BCUT2D eigenvalue weighted by Crippen LogP contribution is -2.16. The minimum atomic E-state index is -3.04. The Balaban J connectivity index is 2.89. The highest BCUT2D eigenvalue weighted by Gasteiger charge is 2.14. The van der Waals surface area contributed by atoms with E-state index < -0.39 is 9.84 Å². The summed E-state index contributed by atoms with van der Waals surface area (Å²) in [6, 6.07) is 1.94. The fourth-order valence-electron chi connectivity index (χ4n) is 1.28. The molecule has 1 rings (SSSR count). The summed E-state index contributed by atoms with van der Waals surface area (Å²) in [7, 11) is -3.04. The van der Waals surface area contributed by atoms with Crippen molar-refractivity contribution in [3.8, 4) is 6.07 Å². The first-order chi connectivity index (χ1) is 7.41. The van der Waals surface area contributed by atoms with E-state index in [0.29, 0.717) is 11.3 Å². The molecule has 1 aromatic rings.